The molecule has 2 N–H and O–H groups in total. The fraction of sp³-hybridized carbons (Fsp3) is 0.553. The second-order valence-electron chi connectivity index (χ2n) is 15.3. The predicted octanol–water partition coefficient (Wildman–Crippen LogP) is 8.75. The Labute approximate surface area is 278 Å². The summed E-state index contributed by atoms with van der Waals surface area (Å²) in [6.07, 6.45) is 10.6. The molecule has 0 bridgehead atoms. The number of rotatable bonds is 8. The summed E-state index contributed by atoms with van der Waals surface area (Å²) < 4.78 is 21.2. The Morgan fingerprint density at radius 3 is 2.57 bits per heavy atom. The van der Waals surface area contributed by atoms with Gasteiger partial charge in [0.25, 0.3) is 0 Å². The molecule has 252 valence electrons. The van der Waals surface area contributed by atoms with Crippen molar-refractivity contribution in [3.05, 3.63) is 72.1 Å². The number of carbonyl (C=O) groups is 1. The normalized spacial score (nSPS) is 25.0. The molecule has 3 fully saturated rings. The van der Waals surface area contributed by atoms with E-state index in [4.69, 9.17) is 9.72 Å². The number of aromatic nitrogens is 2. The molecule has 2 saturated carbocycles. The van der Waals surface area contributed by atoms with E-state index < -0.39 is 6.09 Å². The van der Waals surface area contributed by atoms with Crippen molar-refractivity contribution < 1.29 is 19.0 Å². The summed E-state index contributed by atoms with van der Waals surface area (Å²) in [7, 11) is 0. The molecule has 1 aliphatic heterocycles. The van der Waals surface area contributed by atoms with E-state index in [9.17, 15) is 14.3 Å². The standard InChI is InChI=1S/C38H50FN5O3/c1-25(2)30-8-6-7-9-31(30)32-20-28(39)12-15-33(32)47-34-22-40-24-41-35(34)27-16-17-38(21-27)18-19-43(42-38)23-26-10-13-29(14-11-26)44(36(45)46)37(3,4)5/h6-9,12,15,20,22,24-27,29,42H,10-11,13-14,16-19,21,23H2,1-5H3,(H,45,46). The second kappa shape index (κ2) is 13.5. The van der Waals surface area contributed by atoms with Gasteiger partial charge in [0.05, 0.1) is 11.9 Å². The van der Waals surface area contributed by atoms with Gasteiger partial charge in [0.2, 0.25) is 0 Å². The molecule has 1 spiro atoms. The van der Waals surface area contributed by atoms with E-state index in [1.807, 2.05) is 39.0 Å². The maximum Gasteiger partial charge on any atom is 0.407 e. The highest BCUT2D eigenvalue weighted by Crippen LogP contribution is 2.48. The minimum Gasteiger partial charge on any atom is -0.465 e. The Balaban J connectivity index is 1.11. The second-order valence-corrected chi connectivity index (χ2v) is 15.3. The maximum atomic E-state index is 14.6. The van der Waals surface area contributed by atoms with Crippen LogP contribution in [0.25, 0.3) is 11.1 Å². The third-order valence-corrected chi connectivity index (χ3v) is 10.6. The summed E-state index contributed by atoms with van der Waals surface area (Å²) in [5, 5.41) is 12.3. The molecule has 2 aliphatic carbocycles. The SMILES string of the molecule is CC(C)c1ccccc1-c1cc(F)ccc1Oc1cncnc1C1CCC2(CCN(CC3CCC(N(C(=O)O)C(C)(C)C)CC3)N2)C1. The highest BCUT2D eigenvalue weighted by molar-refractivity contribution is 5.74. The fourth-order valence-corrected chi connectivity index (χ4v) is 8.39. The van der Waals surface area contributed by atoms with Crippen LogP contribution in [-0.4, -0.2) is 61.3 Å². The topological polar surface area (TPSA) is 90.8 Å². The van der Waals surface area contributed by atoms with Crippen LogP contribution in [0, 0.1) is 11.7 Å². The van der Waals surface area contributed by atoms with Crippen molar-refractivity contribution in [3.8, 4) is 22.6 Å². The number of amides is 1. The molecule has 6 rings (SSSR count). The van der Waals surface area contributed by atoms with Gasteiger partial charge in [0.15, 0.2) is 5.75 Å². The molecule has 2 unspecified atom stereocenters. The number of benzene rings is 2. The van der Waals surface area contributed by atoms with Crippen LogP contribution < -0.4 is 10.2 Å². The van der Waals surface area contributed by atoms with Crippen LogP contribution in [0.5, 0.6) is 11.5 Å². The van der Waals surface area contributed by atoms with Crippen molar-refractivity contribution in [3.63, 3.8) is 0 Å². The van der Waals surface area contributed by atoms with Crippen LogP contribution in [0.3, 0.4) is 0 Å². The molecule has 2 aromatic carbocycles. The predicted molar refractivity (Wildman–Crippen MR) is 182 cm³/mol. The quantitative estimate of drug-likeness (QED) is 0.254. The Kier molecular flexibility index (Phi) is 9.59. The number of hydrazine groups is 1. The molecule has 1 amide bonds. The van der Waals surface area contributed by atoms with Gasteiger partial charge in [-0.05, 0) is 113 Å². The average Bonchev–Trinajstić information content (AvgIpc) is 3.63. The minimum atomic E-state index is -0.813. The zero-order chi connectivity index (χ0) is 33.3. The van der Waals surface area contributed by atoms with Gasteiger partial charge in [-0.1, -0.05) is 38.1 Å². The summed E-state index contributed by atoms with van der Waals surface area (Å²) in [6, 6.07) is 12.9. The first kappa shape index (κ1) is 33.3. The highest BCUT2D eigenvalue weighted by atomic mass is 19.1. The number of nitrogens with one attached hydrogen (secondary N) is 1. The van der Waals surface area contributed by atoms with Crippen molar-refractivity contribution in [2.45, 2.75) is 115 Å². The van der Waals surface area contributed by atoms with Crippen LogP contribution in [-0.2, 0) is 0 Å². The van der Waals surface area contributed by atoms with E-state index in [0.717, 1.165) is 86.8 Å². The van der Waals surface area contributed by atoms with Gasteiger partial charge in [0.1, 0.15) is 17.9 Å². The van der Waals surface area contributed by atoms with Gasteiger partial charge in [-0.15, -0.1) is 0 Å². The number of hydrogen-bond acceptors (Lipinski definition) is 6. The first-order valence-corrected chi connectivity index (χ1v) is 17.3. The van der Waals surface area contributed by atoms with E-state index in [1.54, 1.807) is 29.6 Å². The maximum absolute atomic E-state index is 14.6. The molecule has 1 aromatic heterocycles. The highest BCUT2D eigenvalue weighted by Gasteiger charge is 2.46. The van der Waals surface area contributed by atoms with Crippen LogP contribution in [0.4, 0.5) is 9.18 Å². The minimum absolute atomic E-state index is 0.0354. The van der Waals surface area contributed by atoms with Gasteiger partial charge in [-0.3, -0.25) is 0 Å². The summed E-state index contributed by atoms with van der Waals surface area (Å²) in [5.41, 5.74) is 7.30. The number of ether oxygens (including phenoxy) is 1. The molecule has 0 radical (unpaired) electrons. The van der Waals surface area contributed by atoms with E-state index in [-0.39, 0.29) is 34.8 Å². The summed E-state index contributed by atoms with van der Waals surface area (Å²) >= 11 is 0. The Morgan fingerprint density at radius 1 is 1.09 bits per heavy atom. The number of halogens is 1. The first-order chi connectivity index (χ1) is 22.4. The summed E-state index contributed by atoms with van der Waals surface area (Å²) in [4.78, 5) is 22.7. The lowest BCUT2D eigenvalue weighted by Crippen LogP contribution is -2.52. The van der Waals surface area contributed by atoms with Crippen molar-refractivity contribution in [1.82, 2.24) is 25.3 Å². The van der Waals surface area contributed by atoms with Crippen LogP contribution in [0.1, 0.15) is 109 Å². The van der Waals surface area contributed by atoms with Crippen molar-refractivity contribution in [1.29, 1.82) is 0 Å². The number of carboxylic acid groups (broad SMARTS) is 1. The molecule has 2 heterocycles. The van der Waals surface area contributed by atoms with E-state index in [0.29, 0.717) is 17.4 Å². The number of hydrogen-bond donors (Lipinski definition) is 2. The fourth-order valence-electron chi connectivity index (χ4n) is 8.39. The molecule has 3 aliphatic rings. The van der Waals surface area contributed by atoms with E-state index in [2.05, 4.69) is 35.3 Å². The van der Waals surface area contributed by atoms with Crippen molar-refractivity contribution >= 4 is 6.09 Å². The van der Waals surface area contributed by atoms with Gasteiger partial charge >= 0.3 is 6.09 Å². The van der Waals surface area contributed by atoms with Gasteiger partial charge in [-0.2, -0.15) is 0 Å². The zero-order valence-corrected chi connectivity index (χ0v) is 28.5. The number of nitrogens with zero attached hydrogens (tertiary/aromatic N) is 4. The Morgan fingerprint density at radius 2 is 1.85 bits per heavy atom. The van der Waals surface area contributed by atoms with Crippen molar-refractivity contribution in [2.24, 2.45) is 5.92 Å². The molecule has 3 aromatic rings. The molecular formula is C38H50FN5O3. The monoisotopic (exact) mass is 643 g/mol. The molecule has 2 atom stereocenters. The third-order valence-electron chi connectivity index (χ3n) is 10.6. The van der Waals surface area contributed by atoms with Gasteiger partial charge in [-0.25, -0.2) is 29.6 Å². The Bertz CT molecular complexity index is 1570. The van der Waals surface area contributed by atoms with Gasteiger partial charge < -0.3 is 14.7 Å². The lowest BCUT2D eigenvalue weighted by molar-refractivity contribution is 0.0448. The van der Waals surface area contributed by atoms with Crippen molar-refractivity contribution in [2.75, 3.05) is 13.1 Å². The molecule has 9 heteroatoms. The Hall–Kier alpha value is -3.56. The third kappa shape index (κ3) is 7.31. The van der Waals surface area contributed by atoms with Gasteiger partial charge in [0, 0.05) is 41.7 Å². The van der Waals surface area contributed by atoms with Crippen LogP contribution in [0.15, 0.2) is 55.0 Å². The largest absolute Gasteiger partial charge is 0.465 e. The zero-order valence-electron chi connectivity index (χ0n) is 28.5. The van der Waals surface area contributed by atoms with E-state index >= 15 is 0 Å². The van der Waals surface area contributed by atoms with E-state index in [1.165, 1.54) is 6.07 Å². The molecular weight excluding hydrogens is 593 g/mol. The lowest BCUT2D eigenvalue weighted by atomic mass is 9.84. The summed E-state index contributed by atoms with van der Waals surface area (Å²) in [6.45, 7) is 12.2. The smallest absolute Gasteiger partial charge is 0.407 e. The van der Waals surface area contributed by atoms with Crippen LogP contribution in [0.2, 0.25) is 0 Å². The lowest BCUT2D eigenvalue weighted by Gasteiger charge is -2.43. The molecule has 1 saturated heterocycles. The summed E-state index contributed by atoms with van der Waals surface area (Å²) in [5.74, 6) is 1.98. The molecule has 8 nitrogen and oxygen atoms in total. The first-order valence-electron chi connectivity index (χ1n) is 17.3. The van der Waals surface area contributed by atoms with Crippen LogP contribution >= 0.6 is 0 Å². The molecule has 47 heavy (non-hydrogen) atoms. The average molecular weight is 644 g/mol.